The standard InChI is InChI=1S/C24H28O8/c25-11-20-21(26)22(27)23(28)24(32-20)19-10-15(1-4-16(19)12-30-24)9-14-2-5-17(6-3-14)31-18-7-8-29-13-18/h1-6,10,18,20-23,25-28H,7-9,11-13H2/t18-,20-,21-,22+,23-,24?/m1/s1. The molecular formula is C24H28O8. The molecule has 172 valence electrons. The van der Waals surface area contributed by atoms with Crippen LogP contribution < -0.4 is 4.74 Å². The smallest absolute Gasteiger partial charge is 0.225 e. The number of ether oxygens (including phenoxy) is 4. The van der Waals surface area contributed by atoms with E-state index >= 15 is 0 Å². The molecule has 2 saturated heterocycles. The van der Waals surface area contributed by atoms with Gasteiger partial charge in [0.25, 0.3) is 0 Å². The molecule has 3 aliphatic heterocycles. The molecule has 8 nitrogen and oxygen atoms in total. The van der Waals surface area contributed by atoms with Crippen molar-refractivity contribution in [2.75, 3.05) is 19.8 Å². The van der Waals surface area contributed by atoms with Crippen molar-refractivity contribution in [3.8, 4) is 5.75 Å². The second-order valence-electron chi connectivity index (χ2n) is 8.64. The Balaban J connectivity index is 1.36. The van der Waals surface area contributed by atoms with Gasteiger partial charge in [0.1, 0.15) is 36.3 Å². The van der Waals surface area contributed by atoms with E-state index in [2.05, 4.69) is 0 Å². The van der Waals surface area contributed by atoms with Crippen LogP contribution in [0.1, 0.15) is 28.7 Å². The zero-order valence-corrected chi connectivity index (χ0v) is 17.6. The number of aliphatic hydroxyl groups is 4. The first-order chi connectivity index (χ1) is 15.5. The first-order valence-corrected chi connectivity index (χ1v) is 10.9. The topological polar surface area (TPSA) is 118 Å². The Labute approximate surface area is 185 Å². The van der Waals surface area contributed by atoms with Gasteiger partial charge in [-0.1, -0.05) is 24.3 Å². The molecule has 0 bridgehead atoms. The van der Waals surface area contributed by atoms with Crippen LogP contribution in [0.5, 0.6) is 5.75 Å². The first kappa shape index (κ1) is 21.8. The van der Waals surface area contributed by atoms with Crippen LogP contribution in [0.3, 0.4) is 0 Å². The Morgan fingerprint density at radius 2 is 1.78 bits per heavy atom. The molecule has 1 unspecified atom stereocenters. The summed E-state index contributed by atoms with van der Waals surface area (Å²) in [4.78, 5) is 0. The normalized spacial score (nSPS) is 34.1. The SMILES string of the molecule is OC[C@H]1OC2(OCc3ccc(Cc4ccc(O[C@@H]5CCOC5)cc4)cc32)[C@H](O)[C@@H](O)[C@@H]1O. The quantitative estimate of drug-likeness (QED) is 0.530. The minimum absolute atomic E-state index is 0.104. The molecule has 2 aromatic carbocycles. The van der Waals surface area contributed by atoms with Crippen molar-refractivity contribution >= 4 is 0 Å². The lowest BCUT2D eigenvalue weighted by Crippen LogP contribution is -2.63. The summed E-state index contributed by atoms with van der Waals surface area (Å²) in [6.45, 7) is 1.05. The summed E-state index contributed by atoms with van der Waals surface area (Å²) in [6.07, 6.45) is -3.83. The Morgan fingerprint density at radius 3 is 2.50 bits per heavy atom. The number of fused-ring (bicyclic) bond motifs is 2. The maximum absolute atomic E-state index is 10.7. The van der Waals surface area contributed by atoms with Gasteiger partial charge in [-0.25, -0.2) is 0 Å². The van der Waals surface area contributed by atoms with Gasteiger partial charge in [0, 0.05) is 12.0 Å². The van der Waals surface area contributed by atoms with Crippen molar-refractivity contribution in [2.45, 2.75) is 55.8 Å². The van der Waals surface area contributed by atoms with E-state index in [0.717, 1.165) is 35.5 Å². The third-order valence-electron chi connectivity index (χ3n) is 6.46. The molecule has 0 aromatic heterocycles. The van der Waals surface area contributed by atoms with E-state index in [0.29, 0.717) is 18.6 Å². The van der Waals surface area contributed by atoms with Gasteiger partial charge in [0.05, 0.1) is 26.4 Å². The van der Waals surface area contributed by atoms with Gasteiger partial charge in [-0.15, -0.1) is 0 Å². The molecule has 0 aliphatic carbocycles. The molecule has 3 aliphatic rings. The Bertz CT molecular complexity index is 940. The van der Waals surface area contributed by atoms with Crippen LogP contribution in [0, 0.1) is 0 Å². The molecule has 6 atom stereocenters. The molecular weight excluding hydrogens is 416 g/mol. The number of benzene rings is 2. The third kappa shape index (κ3) is 3.82. The number of rotatable bonds is 5. The van der Waals surface area contributed by atoms with Crippen molar-refractivity contribution in [3.05, 3.63) is 64.7 Å². The van der Waals surface area contributed by atoms with Crippen molar-refractivity contribution in [1.82, 2.24) is 0 Å². The van der Waals surface area contributed by atoms with Crippen molar-refractivity contribution in [2.24, 2.45) is 0 Å². The fraction of sp³-hybridized carbons (Fsp3) is 0.500. The molecule has 4 N–H and O–H groups in total. The average Bonchev–Trinajstić information content (AvgIpc) is 3.45. The molecule has 0 saturated carbocycles. The number of hydrogen-bond acceptors (Lipinski definition) is 8. The Hall–Kier alpha value is -2.04. The van der Waals surface area contributed by atoms with Crippen LogP contribution in [-0.2, 0) is 33.0 Å². The second kappa shape index (κ2) is 8.72. The Morgan fingerprint density at radius 1 is 1.00 bits per heavy atom. The summed E-state index contributed by atoms with van der Waals surface area (Å²) < 4.78 is 22.9. The van der Waals surface area contributed by atoms with Crippen molar-refractivity contribution in [1.29, 1.82) is 0 Å². The van der Waals surface area contributed by atoms with E-state index < -0.39 is 36.8 Å². The van der Waals surface area contributed by atoms with Crippen molar-refractivity contribution in [3.63, 3.8) is 0 Å². The van der Waals surface area contributed by atoms with Crippen molar-refractivity contribution < 1.29 is 39.4 Å². The van der Waals surface area contributed by atoms with Crippen LogP contribution in [0.15, 0.2) is 42.5 Å². The highest BCUT2D eigenvalue weighted by molar-refractivity contribution is 5.41. The summed E-state index contributed by atoms with van der Waals surface area (Å²) in [5.41, 5.74) is 3.49. The van der Waals surface area contributed by atoms with Gasteiger partial charge in [-0.2, -0.15) is 0 Å². The maximum atomic E-state index is 10.7. The van der Waals surface area contributed by atoms with E-state index in [4.69, 9.17) is 18.9 Å². The lowest BCUT2D eigenvalue weighted by molar-refractivity contribution is -0.368. The fourth-order valence-corrected chi connectivity index (χ4v) is 4.65. The molecule has 0 radical (unpaired) electrons. The molecule has 2 fully saturated rings. The van der Waals surface area contributed by atoms with E-state index in [1.165, 1.54) is 0 Å². The zero-order chi connectivity index (χ0) is 22.3. The minimum atomic E-state index is -1.63. The average molecular weight is 444 g/mol. The predicted octanol–water partition coefficient (Wildman–Crippen LogP) is 0.602. The lowest BCUT2D eigenvalue weighted by atomic mass is 9.86. The van der Waals surface area contributed by atoms with Gasteiger partial charge in [-0.3, -0.25) is 0 Å². The van der Waals surface area contributed by atoms with Crippen LogP contribution in [-0.4, -0.2) is 70.8 Å². The predicted molar refractivity (Wildman–Crippen MR) is 112 cm³/mol. The van der Waals surface area contributed by atoms with Gasteiger partial charge in [0.15, 0.2) is 0 Å². The highest BCUT2D eigenvalue weighted by atomic mass is 16.7. The molecule has 2 aromatic rings. The number of aliphatic hydroxyl groups excluding tert-OH is 4. The molecule has 3 heterocycles. The second-order valence-corrected chi connectivity index (χ2v) is 8.64. The summed E-state index contributed by atoms with van der Waals surface area (Å²) in [7, 11) is 0. The summed E-state index contributed by atoms with van der Waals surface area (Å²) in [5.74, 6) is -0.815. The highest BCUT2D eigenvalue weighted by Gasteiger charge is 2.58. The van der Waals surface area contributed by atoms with Crippen LogP contribution in [0.4, 0.5) is 0 Å². The molecule has 8 heteroatoms. The number of hydrogen-bond donors (Lipinski definition) is 4. The maximum Gasteiger partial charge on any atom is 0.225 e. The highest BCUT2D eigenvalue weighted by Crippen LogP contribution is 2.46. The van der Waals surface area contributed by atoms with Crippen LogP contribution in [0.25, 0.3) is 0 Å². The molecule has 1 spiro atoms. The van der Waals surface area contributed by atoms with Gasteiger partial charge >= 0.3 is 0 Å². The minimum Gasteiger partial charge on any atom is -0.488 e. The van der Waals surface area contributed by atoms with Gasteiger partial charge in [-0.05, 0) is 41.3 Å². The monoisotopic (exact) mass is 444 g/mol. The largest absolute Gasteiger partial charge is 0.488 e. The van der Waals surface area contributed by atoms with Gasteiger partial charge < -0.3 is 39.4 Å². The van der Waals surface area contributed by atoms with E-state index in [9.17, 15) is 20.4 Å². The van der Waals surface area contributed by atoms with E-state index in [1.54, 1.807) is 0 Å². The summed E-state index contributed by atoms with van der Waals surface area (Å²) in [6, 6.07) is 13.7. The first-order valence-electron chi connectivity index (χ1n) is 10.9. The third-order valence-corrected chi connectivity index (χ3v) is 6.46. The van der Waals surface area contributed by atoms with Gasteiger partial charge in [0.2, 0.25) is 5.79 Å². The molecule has 0 amide bonds. The lowest BCUT2D eigenvalue weighted by Gasteiger charge is -2.46. The van der Waals surface area contributed by atoms with Crippen LogP contribution in [0.2, 0.25) is 0 Å². The van der Waals surface area contributed by atoms with Crippen LogP contribution >= 0.6 is 0 Å². The molecule has 5 rings (SSSR count). The summed E-state index contributed by atoms with van der Waals surface area (Å²) >= 11 is 0. The summed E-state index contributed by atoms with van der Waals surface area (Å²) in [5, 5.41) is 40.7. The molecule has 32 heavy (non-hydrogen) atoms. The Kier molecular flexibility index (Phi) is 5.94. The van der Waals surface area contributed by atoms with E-state index in [-0.39, 0.29) is 12.7 Å². The zero-order valence-electron chi connectivity index (χ0n) is 17.6. The van der Waals surface area contributed by atoms with E-state index in [1.807, 2.05) is 42.5 Å². The fourth-order valence-electron chi connectivity index (χ4n) is 4.65.